The Morgan fingerprint density at radius 3 is 2.67 bits per heavy atom. The Balaban J connectivity index is 3.08. The Hall–Kier alpha value is -0.680. The third kappa shape index (κ3) is 3.65. The van der Waals surface area contributed by atoms with E-state index in [1.165, 1.54) is 4.57 Å². The third-order valence-electron chi connectivity index (χ3n) is 2.89. The van der Waals surface area contributed by atoms with Gasteiger partial charge in [0.05, 0.1) is 5.56 Å². The van der Waals surface area contributed by atoms with Crippen LogP contribution < -0.4 is 11.2 Å². The van der Waals surface area contributed by atoms with Crippen LogP contribution in [0.25, 0.3) is 0 Å². The number of aromatic amines is 1. The van der Waals surface area contributed by atoms with Crippen molar-refractivity contribution >= 4 is 23.4 Å². The summed E-state index contributed by atoms with van der Waals surface area (Å²) in [5.74, 6) is 0. The molecule has 0 bridgehead atoms. The van der Waals surface area contributed by atoms with Gasteiger partial charge >= 0.3 is 5.69 Å². The van der Waals surface area contributed by atoms with Crippen LogP contribution >= 0.6 is 23.4 Å². The van der Waals surface area contributed by atoms with Crippen LogP contribution in [-0.2, 0) is 13.0 Å². The summed E-state index contributed by atoms with van der Waals surface area (Å²) in [6, 6.07) is 0. The van der Waals surface area contributed by atoms with E-state index in [1.807, 2.05) is 13.2 Å². The highest BCUT2D eigenvalue weighted by Crippen LogP contribution is 2.11. The van der Waals surface area contributed by atoms with E-state index in [-0.39, 0.29) is 10.7 Å². The molecule has 0 aromatic carbocycles. The Kier molecular flexibility index (Phi) is 6.02. The number of hydrogen-bond acceptors (Lipinski definition) is 3. The summed E-state index contributed by atoms with van der Waals surface area (Å²) in [5.41, 5.74) is -0.160. The summed E-state index contributed by atoms with van der Waals surface area (Å²) in [6.45, 7) is 4.48. The molecule has 0 aliphatic carbocycles. The van der Waals surface area contributed by atoms with E-state index in [4.69, 9.17) is 11.6 Å². The van der Waals surface area contributed by atoms with Crippen LogP contribution in [0.15, 0.2) is 9.59 Å². The maximum Gasteiger partial charge on any atom is 0.329 e. The van der Waals surface area contributed by atoms with Gasteiger partial charge in [0.1, 0.15) is 5.15 Å². The summed E-state index contributed by atoms with van der Waals surface area (Å²) >= 11 is 7.62. The van der Waals surface area contributed by atoms with E-state index >= 15 is 0 Å². The van der Waals surface area contributed by atoms with Gasteiger partial charge in [0.25, 0.3) is 5.56 Å². The lowest BCUT2D eigenvalue weighted by molar-refractivity contribution is 0.582. The second kappa shape index (κ2) is 7.04. The molecule has 0 saturated heterocycles. The zero-order valence-electron chi connectivity index (χ0n) is 11.0. The van der Waals surface area contributed by atoms with Gasteiger partial charge in [0, 0.05) is 11.8 Å². The molecule has 102 valence electrons. The summed E-state index contributed by atoms with van der Waals surface area (Å²) in [5, 5.41) is 0.600. The summed E-state index contributed by atoms with van der Waals surface area (Å²) in [6.07, 6.45) is 4.22. The van der Waals surface area contributed by atoms with Gasteiger partial charge in [0.15, 0.2) is 0 Å². The van der Waals surface area contributed by atoms with Crippen molar-refractivity contribution in [1.82, 2.24) is 9.55 Å². The summed E-state index contributed by atoms with van der Waals surface area (Å²) in [4.78, 5) is 26.4. The fourth-order valence-corrected chi connectivity index (χ4v) is 2.28. The highest BCUT2D eigenvalue weighted by Gasteiger charge is 2.12. The number of aromatic nitrogens is 2. The van der Waals surface area contributed by atoms with Crippen molar-refractivity contribution in [2.75, 3.05) is 6.26 Å². The van der Waals surface area contributed by atoms with Crippen molar-refractivity contribution in [1.29, 1.82) is 0 Å². The molecular formula is C12H19ClN2O2S. The van der Waals surface area contributed by atoms with Gasteiger partial charge in [-0.25, -0.2) is 4.79 Å². The molecule has 1 heterocycles. The zero-order chi connectivity index (χ0) is 13.7. The van der Waals surface area contributed by atoms with Crippen LogP contribution in [0, 0.1) is 0 Å². The smallest absolute Gasteiger partial charge is 0.297 e. The van der Waals surface area contributed by atoms with E-state index in [0.29, 0.717) is 23.8 Å². The molecule has 1 aromatic heterocycles. The van der Waals surface area contributed by atoms with Gasteiger partial charge < -0.3 is 0 Å². The van der Waals surface area contributed by atoms with Crippen molar-refractivity contribution < 1.29 is 0 Å². The minimum Gasteiger partial charge on any atom is -0.297 e. The van der Waals surface area contributed by atoms with E-state index in [2.05, 4.69) is 11.9 Å². The van der Waals surface area contributed by atoms with Crippen molar-refractivity contribution in [3.8, 4) is 0 Å². The lowest BCUT2D eigenvalue weighted by Crippen LogP contribution is -2.38. The number of halogens is 1. The highest BCUT2D eigenvalue weighted by molar-refractivity contribution is 7.99. The average Bonchev–Trinajstić information content (AvgIpc) is 2.33. The molecule has 18 heavy (non-hydrogen) atoms. The van der Waals surface area contributed by atoms with E-state index in [1.54, 1.807) is 11.8 Å². The molecule has 0 amide bonds. The van der Waals surface area contributed by atoms with Gasteiger partial charge in [-0.1, -0.05) is 31.9 Å². The lowest BCUT2D eigenvalue weighted by atomic mass is 10.2. The van der Waals surface area contributed by atoms with Crippen molar-refractivity contribution in [3.05, 3.63) is 31.6 Å². The normalized spacial score (nSPS) is 12.7. The molecule has 0 aliphatic heterocycles. The molecule has 1 atom stereocenters. The summed E-state index contributed by atoms with van der Waals surface area (Å²) < 4.78 is 1.25. The molecule has 4 nitrogen and oxygen atoms in total. The number of rotatable bonds is 6. The molecule has 1 unspecified atom stereocenters. The molecule has 0 aliphatic rings. The predicted molar refractivity (Wildman–Crippen MR) is 77.9 cm³/mol. The van der Waals surface area contributed by atoms with Crippen molar-refractivity contribution in [2.24, 2.45) is 0 Å². The molecule has 0 fully saturated rings. The van der Waals surface area contributed by atoms with Crippen molar-refractivity contribution in [3.63, 3.8) is 0 Å². The number of nitrogens with one attached hydrogen (secondary N) is 1. The predicted octanol–water partition coefficient (Wildman–Crippen LogP) is 2.28. The zero-order valence-corrected chi connectivity index (χ0v) is 12.5. The third-order valence-corrected chi connectivity index (χ3v) is 4.25. The van der Waals surface area contributed by atoms with Crippen LogP contribution in [0.4, 0.5) is 0 Å². The Labute approximate surface area is 116 Å². The van der Waals surface area contributed by atoms with Gasteiger partial charge in [-0.3, -0.25) is 14.3 Å². The van der Waals surface area contributed by atoms with Crippen LogP contribution in [0.5, 0.6) is 0 Å². The standard InChI is InChI=1S/C12H19ClN2O2S/c1-4-5-9-10(13)14-12(17)15(11(9)16)7-6-8(2)18-3/h8H,4-7H2,1-3H3,(H,14,17). The molecular weight excluding hydrogens is 272 g/mol. The first-order valence-electron chi connectivity index (χ1n) is 6.05. The van der Waals surface area contributed by atoms with Crippen LogP contribution in [0.3, 0.4) is 0 Å². The van der Waals surface area contributed by atoms with E-state index in [9.17, 15) is 9.59 Å². The first-order chi connectivity index (χ1) is 8.51. The van der Waals surface area contributed by atoms with Crippen LogP contribution in [0.1, 0.15) is 32.3 Å². The molecule has 1 N–H and O–H groups in total. The number of hydrogen-bond donors (Lipinski definition) is 1. The fourth-order valence-electron chi connectivity index (χ4n) is 1.68. The van der Waals surface area contributed by atoms with Gasteiger partial charge in [0.2, 0.25) is 0 Å². The van der Waals surface area contributed by atoms with Crippen LogP contribution in [-0.4, -0.2) is 21.1 Å². The Morgan fingerprint density at radius 1 is 1.44 bits per heavy atom. The SMILES string of the molecule is CCCc1c(Cl)[nH]c(=O)n(CCC(C)SC)c1=O. The minimum atomic E-state index is -0.418. The molecule has 1 rings (SSSR count). The maximum atomic E-state index is 12.2. The number of H-pyrrole nitrogens is 1. The fraction of sp³-hybridized carbons (Fsp3) is 0.667. The van der Waals surface area contributed by atoms with Gasteiger partial charge in [-0.2, -0.15) is 11.8 Å². The lowest BCUT2D eigenvalue weighted by Gasteiger charge is -2.11. The first kappa shape index (κ1) is 15.4. The average molecular weight is 291 g/mol. The quantitative estimate of drug-likeness (QED) is 0.818. The monoisotopic (exact) mass is 290 g/mol. The van der Waals surface area contributed by atoms with Crippen molar-refractivity contribution in [2.45, 2.75) is 44.9 Å². The second-order valence-corrected chi connectivity index (χ2v) is 5.92. The van der Waals surface area contributed by atoms with Gasteiger partial charge in [-0.15, -0.1) is 0 Å². The molecule has 0 spiro atoms. The molecule has 1 aromatic rings. The summed E-state index contributed by atoms with van der Waals surface area (Å²) in [7, 11) is 0. The minimum absolute atomic E-state index is 0.181. The molecule has 6 heteroatoms. The topological polar surface area (TPSA) is 54.9 Å². The first-order valence-corrected chi connectivity index (χ1v) is 7.72. The van der Waals surface area contributed by atoms with Gasteiger partial charge in [-0.05, 0) is 19.1 Å². The maximum absolute atomic E-state index is 12.2. The Bertz CT molecular complexity index is 510. The Morgan fingerprint density at radius 2 is 2.11 bits per heavy atom. The number of nitrogens with zero attached hydrogens (tertiary/aromatic N) is 1. The second-order valence-electron chi connectivity index (χ2n) is 4.26. The van der Waals surface area contributed by atoms with E-state index < -0.39 is 5.69 Å². The van der Waals surface area contributed by atoms with E-state index in [0.717, 1.165) is 12.8 Å². The molecule has 0 saturated carbocycles. The molecule has 0 radical (unpaired) electrons. The number of thioether (sulfide) groups is 1. The largest absolute Gasteiger partial charge is 0.329 e. The van der Waals surface area contributed by atoms with Crippen LogP contribution in [0.2, 0.25) is 5.15 Å². The highest BCUT2D eigenvalue weighted by atomic mass is 35.5.